The third kappa shape index (κ3) is 2.40. The second-order valence-corrected chi connectivity index (χ2v) is 3.80. The Bertz CT molecular complexity index is 364. The van der Waals surface area contributed by atoms with Gasteiger partial charge in [-0.15, -0.1) is 0 Å². The van der Waals surface area contributed by atoms with Crippen molar-refractivity contribution < 1.29 is 13.5 Å². The first kappa shape index (κ1) is 12.2. The summed E-state index contributed by atoms with van der Waals surface area (Å²) in [6.45, 7) is 3.12. The lowest BCUT2D eigenvalue weighted by Gasteiger charge is -2.19. The second kappa shape index (κ2) is 4.35. The van der Waals surface area contributed by atoms with Crippen LogP contribution in [0.4, 0.5) is 8.78 Å². The highest BCUT2D eigenvalue weighted by atomic mass is 35.5. The lowest BCUT2D eigenvalue weighted by atomic mass is 10.0. The van der Waals surface area contributed by atoms with Gasteiger partial charge >= 0.3 is 0 Å². The van der Waals surface area contributed by atoms with Gasteiger partial charge in [0, 0.05) is 11.4 Å². The molecule has 0 saturated heterocycles. The molecule has 0 spiro atoms. The molecule has 0 unspecified atom stereocenters. The summed E-state index contributed by atoms with van der Waals surface area (Å²) in [5, 5.41) is 0.302. The predicted molar refractivity (Wildman–Crippen MR) is 56.9 cm³/mol. The Morgan fingerprint density at radius 3 is 2.47 bits per heavy atom. The number of halogens is 3. The van der Waals surface area contributed by atoms with Crippen molar-refractivity contribution in [2.24, 2.45) is 0 Å². The lowest BCUT2D eigenvalue weighted by Crippen LogP contribution is -2.13. The van der Waals surface area contributed by atoms with Crippen LogP contribution in [-0.2, 0) is 5.92 Å². The summed E-state index contributed by atoms with van der Waals surface area (Å²) in [5.74, 6) is -2.69. The lowest BCUT2D eigenvalue weighted by molar-refractivity contribution is -0.0105. The fraction of sp³-hybridized carbons (Fsp3) is 0.455. The number of ether oxygens (including phenoxy) is 1. The molecular formula is C11H13ClF2O. The van der Waals surface area contributed by atoms with Gasteiger partial charge in [0.1, 0.15) is 5.75 Å². The molecule has 0 radical (unpaired) electrons. The van der Waals surface area contributed by atoms with E-state index in [0.29, 0.717) is 10.6 Å². The fourth-order valence-electron chi connectivity index (χ4n) is 1.46. The number of rotatable bonds is 3. The number of hydrogen-bond donors (Lipinski definition) is 0. The number of methoxy groups -OCH3 is 1. The maximum absolute atomic E-state index is 13.6. The van der Waals surface area contributed by atoms with Crippen LogP contribution in [0.3, 0.4) is 0 Å². The molecule has 0 heterocycles. The van der Waals surface area contributed by atoms with E-state index in [1.807, 2.05) is 0 Å². The maximum atomic E-state index is 13.6. The van der Waals surface area contributed by atoms with Gasteiger partial charge < -0.3 is 4.74 Å². The minimum Gasteiger partial charge on any atom is -0.496 e. The Kier molecular flexibility index (Phi) is 3.55. The third-order valence-electron chi connectivity index (χ3n) is 2.28. The second-order valence-electron chi connectivity index (χ2n) is 3.36. The summed E-state index contributed by atoms with van der Waals surface area (Å²) in [6.07, 6.45) is -0.275. The molecule has 84 valence electrons. The van der Waals surface area contributed by atoms with E-state index in [0.717, 1.165) is 0 Å². The van der Waals surface area contributed by atoms with E-state index in [9.17, 15) is 8.78 Å². The van der Waals surface area contributed by atoms with Gasteiger partial charge in [-0.3, -0.25) is 0 Å². The molecule has 0 aliphatic carbocycles. The van der Waals surface area contributed by atoms with Crippen LogP contribution in [0.25, 0.3) is 0 Å². The molecule has 0 atom stereocenters. The van der Waals surface area contributed by atoms with Crippen molar-refractivity contribution >= 4 is 11.6 Å². The summed E-state index contributed by atoms with van der Waals surface area (Å²) >= 11 is 5.75. The molecule has 0 bridgehead atoms. The van der Waals surface area contributed by atoms with Crippen molar-refractivity contribution in [3.05, 3.63) is 28.3 Å². The molecule has 0 N–H and O–H groups in total. The number of benzene rings is 1. The number of alkyl halides is 2. The fourth-order valence-corrected chi connectivity index (χ4v) is 1.74. The summed E-state index contributed by atoms with van der Waals surface area (Å²) in [7, 11) is 1.38. The van der Waals surface area contributed by atoms with E-state index in [-0.39, 0.29) is 17.7 Å². The first-order valence-corrected chi connectivity index (χ1v) is 5.02. The quantitative estimate of drug-likeness (QED) is 0.763. The molecule has 0 amide bonds. The Balaban J connectivity index is 3.39. The molecule has 0 aromatic heterocycles. The number of aryl methyl sites for hydroxylation is 1. The van der Waals surface area contributed by atoms with E-state index in [1.165, 1.54) is 20.1 Å². The molecular weight excluding hydrogens is 222 g/mol. The van der Waals surface area contributed by atoms with Crippen molar-refractivity contribution in [1.82, 2.24) is 0 Å². The van der Waals surface area contributed by atoms with Gasteiger partial charge in [-0.25, -0.2) is 8.78 Å². The average molecular weight is 235 g/mol. The summed E-state index contributed by atoms with van der Waals surface area (Å²) < 4.78 is 32.1. The zero-order valence-electron chi connectivity index (χ0n) is 8.90. The van der Waals surface area contributed by atoms with Crippen molar-refractivity contribution in [3.8, 4) is 5.75 Å². The van der Waals surface area contributed by atoms with Crippen LogP contribution in [-0.4, -0.2) is 7.11 Å². The van der Waals surface area contributed by atoms with Gasteiger partial charge in [-0.2, -0.15) is 0 Å². The minimum atomic E-state index is -2.90. The first-order chi connectivity index (χ1) is 6.92. The van der Waals surface area contributed by atoms with Crippen molar-refractivity contribution in [2.45, 2.75) is 26.2 Å². The van der Waals surface area contributed by atoms with Crippen LogP contribution < -0.4 is 4.74 Å². The van der Waals surface area contributed by atoms with Crippen LogP contribution in [0.1, 0.15) is 24.5 Å². The normalized spacial score (nSPS) is 11.6. The van der Waals surface area contributed by atoms with Gasteiger partial charge in [-0.1, -0.05) is 18.5 Å². The van der Waals surface area contributed by atoms with Gasteiger partial charge in [-0.05, 0) is 24.6 Å². The molecule has 1 aromatic carbocycles. The molecule has 0 fully saturated rings. The molecule has 1 rings (SSSR count). The number of hydrogen-bond acceptors (Lipinski definition) is 1. The van der Waals surface area contributed by atoms with E-state index in [4.69, 9.17) is 16.3 Å². The molecule has 4 heteroatoms. The van der Waals surface area contributed by atoms with Crippen LogP contribution in [0, 0.1) is 6.92 Å². The third-order valence-corrected chi connectivity index (χ3v) is 2.50. The first-order valence-electron chi connectivity index (χ1n) is 4.64. The monoisotopic (exact) mass is 234 g/mol. The van der Waals surface area contributed by atoms with E-state index in [1.54, 1.807) is 13.0 Å². The standard InChI is InChI=1S/C11H13ClF2O/c1-4-11(13,14)9-6-8(12)5-7(2)10(9)15-3/h5-6H,4H2,1-3H3. The Morgan fingerprint density at radius 1 is 1.40 bits per heavy atom. The minimum absolute atomic E-state index is 0.141. The summed E-state index contributed by atoms with van der Waals surface area (Å²) in [4.78, 5) is 0. The summed E-state index contributed by atoms with van der Waals surface area (Å²) in [5.41, 5.74) is 0.477. The Morgan fingerprint density at radius 2 is 2.00 bits per heavy atom. The maximum Gasteiger partial charge on any atom is 0.276 e. The SMILES string of the molecule is CCC(F)(F)c1cc(Cl)cc(C)c1OC. The molecule has 1 nitrogen and oxygen atoms in total. The zero-order chi connectivity index (χ0) is 11.6. The van der Waals surface area contributed by atoms with Crippen molar-refractivity contribution in [3.63, 3.8) is 0 Å². The zero-order valence-corrected chi connectivity index (χ0v) is 9.66. The highest BCUT2D eigenvalue weighted by Gasteiger charge is 2.33. The average Bonchev–Trinajstić information content (AvgIpc) is 2.16. The smallest absolute Gasteiger partial charge is 0.276 e. The molecule has 0 saturated carbocycles. The van der Waals surface area contributed by atoms with Gasteiger partial charge in [0.2, 0.25) is 0 Å². The Hall–Kier alpha value is -0.830. The van der Waals surface area contributed by atoms with E-state index < -0.39 is 5.92 Å². The topological polar surface area (TPSA) is 9.23 Å². The van der Waals surface area contributed by atoms with Crippen LogP contribution in [0.15, 0.2) is 12.1 Å². The van der Waals surface area contributed by atoms with Crippen molar-refractivity contribution in [1.29, 1.82) is 0 Å². The largest absolute Gasteiger partial charge is 0.496 e. The van der Waals surface area contributed by atoms with Gasteiger partial charge in [0.15, 0.2) is 0 Å². The van der Waals surface area contributed by atoms with Crippen molar-refractivity contribution in [2.75, 3.05) is 7.11 Å². The van der Waals surface area contributed by atoms with Gasteiger partial charge in [0.25, 0.3) is 5.92 Å². The van der Waals surface area contributed by atoms with Crippen LogP contribution >= 0.6 is 11.6 Å². The highest BCUT2D eigenvalue weighted by molar-refractivity contribution is 6.30. The molecule has 0 aliphatic heterocycles. The van der Waals surface area contributed by atoms with E-state index >= 15 is 0 Å². The predicted octanol–water partition coefficient (Wildman–Crippen LogP) is 4.16. The summed E-state index contributed by atoms with van der Waals surface area (Å²) in [6, 6.07) is 2.87. The molecule has 1 aromatic rings. The van der Waals surface area contributed by atoms with E-state index in [2.05, 4.69) is 0 Å². The van der Waals surface area contributed by atoms with Crippen LogP contribution in [0.5, 0.6) is 5.75 Å². The van der Waals surface area contributed by atoms with Crippen LogP contribution in [0.2, 0.25) is 5.02 Å². The molecule has 15 heavy (non-hydrogen) atoms. The Labute approximate surface area is 93.0 Å². The molecule has 0 aliphatic rings. The van der Waals surface area contributed by atoms with Gasteiger partial charge in [0.05, 0.1) is 12.7 Å². The highest BCUT2D eigenvalue weighted by Crippen LogP contribution is 2.40.